The number of hydrogen-bond acceptors (Lipinski definition) is 4. The summed E-state index contributed by atoms with van der Waals surface area (Å²) in [6.07, 6.45) is 1.68. The van der Waals surface area contributed by atoms with E-state index in [1.807, 2.05) is 48.5 Å². The van der Waals surface area contributed by atoms with Gasteiger partial charge in [-0.05, 0) is 29.8 Å². The van der Waals surface area contributed by atoms with Gasteiger partial charge in [0.1, 0.15) is 18.1 Å². The molecule has 126 valence electrons. The van der Waals surface area contributed by atoms with Crippen LogP contribution in [0.25, 0.3) is 0 Å². The number of para-hydroxylation sites is 2. The van der Waals surface area contributed by atoms with Gasteiger partial charge in [-0.1, -0.05) is 36.9 Å². The van der Waals surface area contributed by atoms with E-state index in [1.165, 1.54) is 0 Å². The first-order chi connectivity index (χ1) is 11.7. The summed E-state index contributed by atoms with van der Waals surface area (Å²) in [4.78, 5) is 12.0. The van der Waals surface area contributed by atoms with Crippen LogP contribution in [0.2, 0.25) is 0 Å². The van der Waals surface area contributed by atoms with Crippen molar-refractivity contribution in [1.82, 2.24) is 5.32 Å². The Bertz CT molecular complexity index is 669. The highest BCUT2D eigenvalue weighted by Gasteiger charge is 2.05. The number of carbonyl (C=O) groups is 1. The van der Waals surface area contributed by atoms with E-state index in [2.05, 4.69) is 17.2 Å². The summed E-state index contributed by atoms with van der Waals surface area (Å²) in [5, 5.41) is 5.96. The maximum absolute atomic E-state index is 12.0. The molecule has 0 bridgehead atoms. The van der Waals surface area contributed by atoms with Crippen LogP contribution in [0.4, 0.5) is 5.69 Å². The van der Waals surface area contributed by atoms with Crippen molar-refractivity contribution in [3.8, 4) is 11.5 Å². The summed E-state index contributed by atoms with van der Waals surface area (Å²) < 4.78 is 10.7. The van der Waals surface area contributed by atoms with E-state index in [9.17, 15) is 4.79 Å². The minimum atomic E-state index is -0.0932. The molecule has 0 saturated heterocycles. The van der Waals surface area contributed by atoms with Crippen molar-refractivity contribution in [1.29, 1.82) is 0 Å². The predicted octanol–water partition coefficient (Wildman–Crippen LogP) is 2.99. The summed E-state index contributed by atoms with van der Waals surface area (Å²) >= 11 is 0. The first-order valence-corrected chi connectivity index (χ1v) is 7.69. The third kappa shape index (κ3) is 5.35. The van der Waals surface area contributed by atoms with Gasteiger partial charge >= 0.3 is 0 Å². The van der Waals surface area contributed by atoms with Gasteiger partial charge in [0.25, 0.3) is 0 Å². The summed E-state index contributed by atoms with van der Waals surface area (Å²) in [6.45, 7) is 4.69. The molecule has 0 atom stereocenters. The van der Waals surface area contributed by atoms with Gasteiger partial charge in [0.15, 0.2) is 0 Å². The van der Waals surface area contributed by atoms with Crippen LogP contribution in [0.3, 0.4) is 0 Å². The van der Waals surface area contributed by atoms with Gasteiger partial charge in [0.2, 0.25) is 5.91 Å². The largest absolute Gasteiger partial charge is 0.497 e. The molecule has 2 rings (SSSR count). The lowest BCUT2D eigenvalue weighted by Gasteiger charge is -2.12. The third-order valence-electron chi connectivity index (χ3n) is 3.33. The molecule has 0 aliphatic carbocycles. The molecule has 2 aromatic rings. The number of carbonyl (C=O) groups excluding carboxylic acids is 1. The first kappa shape index (κ1) is 17.4. The molecule has 2 N–H and O–H groups in total. The van der Waals surface area contributed by atoms with Crippen LogP contribution in [0, 0.1) is 0 Å². The van der Waals surface area contributed by atoms with Crippen molar-refractivity contribution < 1.29 is 14.3 Å². The lowest BCUT2D eigenvalue weighted by atomic mass is 10.2. The highest BCUT2D eigenvalue weighted by Crippen LogP contribution is 2.23. The molecule has 0 radical (unpaired) electrons. The molecule has 0 aliphatic heterocycles. The van der Waals surface area contributed by atoms with Crippen LogP contribution in [0.5, 0.6) is 11.5 Å². The lowest BCUT2D eigenvalue weighted by Crippen LogP contribution is -2.29. The van der Waals surface area contributed by atoms with Crippen LogP contribution in [-0.2, 0) is 11.3 Å². The number of rotatable bonds is 9. The number of nitrogens with one attached hydrogen (secondary N) is 2. The summed E-state index contributed by atoms with van der Waals surface area (Å²) in [5.41, 5.74) is 1.79. The fraction of sp³-hybridized carbons (Fsp3) is 0.211. The predicted molar refractivity (Wildman–Crippen MR) is 95.5 cm³/mol. The zero-order valence-electron chi connectivity index (χ0n) is 13.7. The Morgan fingerprint density at radius 3 is 2.62 bits per heavy atom. The quantitative estimate of drug-likeness (QED) is 0.696. The van der Waals surface area contributed by atoms with E-state index in [1.54, 1.807) is 13.2 Å². The highest BCUT2D eigenvalue weighted by molar-refractivity contribution is 5.81. The van der Waals surface area contributed by atoms with Crippen molar-refractivity contribution in [2.24, 2.45) is 0 Å². The van der Waals surface area contributed by atoms with Crippen LogP contribution >= 0.6 is 0 Å². The molecule has 0 heterocycles. The van der Waals surface area contributed by atoms with Crippen molar-refractivity contribution in [2.75, 3.05) is 25.6 Å². The van der Waals surface area contributed by atoms with Crippen LogP contribution in [-0.4, -0.2) is 26.2 Å². The molecule has 24 heavy (non-hydrogen) atoms. The lowest BCUT2D eigenvalue weighted by molar-refractivity contribution is -0.119. The Morgan fingerprint density at radius 2 is 1.92 bits per heavy atom. The molecule has 0 fully saturated rings. The fourth-order valence-electron chi connectivity index (χ4n) is 2.07. The Labute approximate surface area is 142 Å². The van der Waals surface area contributed by atoms with E-state index < -0.39 is 0 Å². The number of amides is 1. The topological polar surface area (TPSA) is 59.6 Å². The molecule has 0 saturated carbocycles. The second kappa shape index (κ2) is 9.25. The van der Waals surface area contributed by atoms with Gasteiger partial charge in [-0.15, -0.1) is 0 Å². The Hall–Kier alpha value is -2.95. The molecule has 0 unspecified atom stereocenters. The molecule has 2 aromatic carbocycles. The van der Waals surface area contributed by atoms with Gasteiger partial charge in [-0.3, -0.25) is 4.79 Å². The minimum absolute atomic E-state index is 0.0932. The molecule has 0 spiro atoms. The summed E-state index contributed by atoms with van der Waals surface area (Å²) in [7, 11) is 1.62. The van der Waals surface area contributed by atoms with Crippen LogP contribution < -0.4 is 20.1 Å². The average molecular weight is 326 g/mol. The van der Waals surface area contributed by atoms with Gasteiger partial charge in [0, 0.05) is 6.54 Å². The van der Waals surface area contributed by atoms with Gasteiger partial charge in [-0.25, -0.2) is 0 Å². The molecule has 5 heteroatoms. The van der Waals surface area contributed by atoms with Crippen molar-refractivity contribution in [2.45, 2.75) is 6.54 Å². The monoisotopic (exact) mass is 326 g/mol. The van der Waals surface area contributed by atoms with Crippen molar-refractivity contribution >= 4 is 11.6 Å². The van der Waals surface area contributed by atoms with E-state index in [0.717, 1.165) is 17.0 Å². The van der Waals surface area contributed by atoms with E-state index in [0.29, 0.717) is 18.9 Å². The number of methoxy groups -OCH3 is 1. The van der Waals surface area contributed by atoms with E-state index in [4.69, 9.17) is 9.47 Å². The Morgan fingerprint density at radius 1 is 1.17 bits per heavy atom. The fourth-order valence-corrected chi connectivity index (χ4v) is 2.07. The number of benzene rings is 2. The van der Waals surface area contributed by atoms with Gasteiger partial charge in [-0.2, -0.15) is 0 Å². The third-order valence-corrected chi connectivity index (χ3v) is 3.33. The maximum Gasteiger partial charge on any atom is 0.239 e. The number of anilines is 1. The summed E-state index contributed by atoms with van der Waals surface area (Å²) in [5.74, 6) is 1.40. The van der Waals surface area contributed by atoms with E-state index in [-0.39, 0.29) is 12.5 Å². The normalized spacial score (nSPS) is 9.88. The smallest absolute Gasteiger partial charge is 0.239 e. The molecule has 5 nitrogen and oxygen atoms in total. The van der Waals surface area contributed by atoms with Crippen LogP contribution in [0.15, 0.2) is 61.2 Å². The summed E-state index contributed by atoms with van der Waals surface area (Å²) in [6, 6.07) is 15.1. The zero-order chi connectivity index (χ0) is 17.2. The molecular formula is C19H22N2O3. The van der Waals surface area contributed by atoms with E-state index >= 15 is 0 Å². The van der Waals surface area contributed by atoms with Gasteiger partial charge < -0.3 is 20.1 Å². The SMILES string of the molecule is C=CCOc1ccccc1NCC(=O)NCc1ccc(OC)cc1. The Balaban J connectivity index is 1.81. The molecule has 0 aromatic heterocycles. The number of ether oxygens (including phenoxy) is 2. The second-order valence-electron chi connectivity index (χ2n) is 5.07. The molecule has 1 amide bonds. The Kier molecular flexibility index (Phi) is 6.71. The molecule has 0 aliphatic rings. The maximum atomic E-state index is 12.0. The van der Waals surface area contributed by atoms with Crippen molar-refractivity contribution in [3.63, 3.8) is 0 Å². The standard InChI is InChI=1S/C19H22N2O3/c1-3-12-24-18-7-5-4-6-17(18)20-14-19(22)21-13-15-8-10-16(23-2)11-9-15/h3-11,20H,1,12-14H2,2H3,(H,21,22). The highest BCUT2D eigenvalue weighted by atomic mass is 16.5. The first-order valence-electron chi connectivity index (χ1n) is 7.69. The second-order valence-corrected chi connectivity index (χ2v) is 5.07. The average Bonchev–Trinajstić information content (AvgIpc) is 2.64. The minimum Gasteiger partial charge on any atom is -0.497 e. The van der Waals surface area contributed by atoms with Crippen molar-refractivity contribution in [3.05, 3.63) is 66.7 Å². The molecular weight excluding hydrogens is 304 g/mol. The zero-order valence-corrected chi connectivity index (χ0v) is 13.7. The van der Waals surface area contributed by atoms with Crippen LogP contribution in [0.1, 0.15) is 5.56 Å². The van der Waals surface area contributed by atoms with Gasteiger partial charge in [0.05, 0.1) is 19.3 Å². The number of hydrogen-bond donors (Lipinski definition) is 2.